The van der Waals surface area contributed by atoms with Crippen molar-refractivity contribution in [2.75, 3.05) is 33.2 Å². The first-order valence-electron chi connectivity index (χ1n) is 15.1. The highest BCUT2D eigenvalue weighted by atomic mass is 32.2. The Labute approximate surface area is 289 Å². The Morgan fingerprint density at radius 1 is 0.860 bits per heavy atom. The van der Waals surface area contributed by atoms with Gasteiger partial charge in [-0.25, -0.2) is 14.6 Å². The number of benzene rings is 2. The van der Waals surface area contributed by atoms with Gasteiger partial charge in [0, 0.05) is 56.1 Å². The summed E-state index contributed by atoms with van der Waals surface area (Å²) in [5.41, 5.74) is 0.565. The number of nitrogens with one attached hydrogen (secondary N) is 3. The second-order valence-corrected chi connectivity index (χ2v) is 12.8. The van der Waals surface area contributed by atoms with Gasteiger partial charge in [0.25, 0.3) is 11.4 Å². The Balaban J connectivity index is 1.29. The van der Waals surface area contributed by atoms with Gasteiger partial charge >= 0.3 is 12.2 Å². The molecule has 0 unspecified atom stereocenters. The van der Waals surface area contributed by atoms with Gasteiger partial charge in [-0.1, -0.05) is 11.8 Å². The van der Waals surface area contributed by atoms with E-state index in [-0.39, 0.29) is 66.0 Å². The number of thioether (sulfide) groups is 1. The summed E-state index contributed by atoms with van der Waals surface area (Å²) in [5, 5.41) is 28.9. The summed E-state index contributed by atoms with van der Waals surface area (Å²) < 4.78 is 10.2. The van der Waals surface area contributed by atoms with Crippen molar-refractivity contribution >= 4 is 58.2 Å². The van der Waals surface area contributed by atoms with Crippen LogP contribution in [0.25, 0.3) is 0 Å². The number of rotatable bonds is 11. The molecule has 2 saturated heterocycles. The molecule has 0 radical (unpaired) electrons. The fraction of sp³-hybridized carbons (Fsp3) is 0.400. The molecule has 2 aliphatic rings. The highest BCUT2D eigenvalue weighted by molar-refractivity contribution is 8.14. The van der Waals surface area contributed by atoms with Crippen molar-refractivity contribution in [1.82, 2.24) is 25.8 Å². The predicted molar refractivity (Wildman–Crippen MR) is 177 cm³/mol. The smallest absolute Gasteiger partial charge is 0.414 e. The predicted octanol–water partition coefficient (Wildman–Crippen LogP) is 1.69. The molecule has 2 heterocycles. The maximum atomic E-state index is 13.0. The molecule has 20 heteroatoms. The normalized spacial score (nSPS) is 17.1. The molecule has 0 aromatic heterocycles. The summed E-state index contributed by atoms with van der Waals surface area (Å²) in [6.07, 6.45) is -1.60. The van der Waals surface area contributed by atoms with Crippen LogP contribution in [0.3, 0.4) is 0 Å². The van der Waals surface area contributed by atoms with Crippen LogP contribution in [-0.2, 0) is 37.1 Å². The number of carbonyl (C=O) groups excluding carboxylic acids is 5. The average Bonchev–Trinajstić information content (AvgIpc) is 3.42. The minimum Gasteiger partial charge on any atom is -0.444 e. The number of amides is 4. The van der Waals surface area contributed by atoms with E-state index >= 15 is 0 Å². The molecule has 2 aliphatic heterocycles. The number of nitro groups is 2. The van der Waals surface area contributed by atoms with Crippen LogP contribution in [0.2, 0.25) is 0 Å². The highest BCUT2D eigenvalue weighted by Gasteiger charge is 2.41. The third kappa shape index (κ3) is 11.0. The van der Waals surface area contributed by atoms with Gasteiger partial charge in [0.15, 0.2) is 5.12 Å². The summed E-state index contributed by atoms with van der Waals surface area (Å²) in [6.45, 7) is 1.55. The SMILES string of the molecule is CC(=O)S[C@H]1C[C@@H](C(=O)N2CC(NC(=O)CN=C(NC(=O)OCc3ccc([N+](=O)[O-])cc3)NC(=O)OCc3ccc([N+](=O)[O-])cc3)C2)N(C)C1. The number of likely N-dealkylation sites (tertiary alicyclic amines) is 2. The Morgan fingerprint density at radius 3 is 1.82 bits per heavy atom. The fourth-order valence-electron chi connectivity index (χ4n) is 5.05. The molecule has 266 valence electrons. The van der Waals surface area contributed by atoms with Crippen LogP contribution in [0.15, 0.2) is 53.5 Å². The van der Waals surface area contributed by atoms with E-state index in [4.69, 9.17) is 9.47 Å². The number of aliphatic imine (C=N–C) groups is 1. The minimum atomic E-state index is -1.08. The van der Waals surface area contributed by atoms with Gasteiger partial charge in [0.1, 0.15) is 19.8 Å². The van der Waals surface area contributed by atoms with Crippen LogP contribution in [0.4, 0.5) is 21.0 Å². The highest BCUT2D eigenvalue weighted by Crippen LogP contribution is 2.29. The van der Waals surface area contributed by atoms with Crippen LogP contribution in [-0.4, -0.2) is 105 Å². The fourth-order valence-corrected chi connectivity index (χ4v) is 6.11. The zero-order chi connectivity index (χ0) is 36.4. The lowest BCUT2D eigenvalue weighted by atomic mass is 10.1. The molecule has 2 atom stereocenters. The van der Waals surface area contributed by atoms with Gasteiger partial charge in [-0.05, 0) is 48.9 Å². The van der Waals surface area contributed by atoms with Crippen molar-refractivity contribution in [3.05, 3.63) is 79.9 Å². The zero-order valence-corrected chi connectivity index (χ0v) is 27.8. The lowest BCUT2D eigenvalue weighted by molar-refractivity contribution is -0.385. The number of non-ortho nitro benzene ring substituents is 2. The van der Waals surface area contributed by atoms with E-state index < -0.39 is 40.4 Å². The molecule has 4 rings (SSSR count). The number of alkyl carbamates (subject to hydrolysis) is 2. The van der Waals surface area contributed by atoms with E-state index in [0.29, 0.717) is 24.1 Å². The van der Waals surface area contributed by atoms with Gasteiger partial charge in [-0.2, -0.15) is 0 Å². The van der Waals surface area contributed by atoms with E-state index in [0.717, 1.165) is 0 Å². The van der Waals surface area contributed by atoms with Gasteiger partial charge in [0.05, 0.1) is 21.9 Å². The van der Waals surface area contributed by atoms with E-state index in [1.165, 1.54) is 67.2 Å². The zero-order valence-electron chi connectivity index (χ0n) is 26.9. The first kappa shape index (κ1) is 37.2. The largest absolute Gasteiger partial charge is 0.444 e. The number of nitro benzene ring substituents is 2. The van der Waals surface area contributed by atoms with Crippen molar-refractivity contribution in [3.63, 3.8) is 0 Å². The van der Waals surface area contributed by atoms with Crippen LogP contribution in [0.1, 0.15) is 24.5 Å². The molecule has 2 fully saturated rings. The van der Waals surface area contributed by atoms with Gasteiger partial charge < -0.3 is 19.7 Å². The standard InChI is InChI=1S/C30H34N8O11S/c1-18(39)50-24-11-25(35(2)15-24)27(41)36-13-21(14-36)32-26(40)12-31-28(33-29(42)48-16-19-3-7-22(8-4-19)37(44)45)34-30(43)49-17-20-5-9-23(10-6-20)38(46)47/h3-10,21,24-25H,11-17H2,1-2H3,(H,32,40)(H2,31,33,34,42,43)/t24-,25-/m0/s1. The Kier molecular flexibility index (Phi) is 12.8. The molecule has 0 saturated carbocycles. The quantitative estimate of drug-likeness (QED) is 0.130. The molecule has 0 aliphatic carbocycles. The Morgan fingerprint density at radius 2 is 1.36 bits per heavy atom. The molecule has 50 heavy (non-hydrogen) atoms. The maximum absolute atomic E-state index is 13.0. The van der Waals surface area contributed by atoms with Gasteiger partial charge in [-0.15, -0.1) is 0 Å². The number of nitrogens with zero attached hydrogens (tertiary/aromatic N) is 5. The topological polar surface area (TPSA) is 245 Å². The third-order valence-electron chi connectivity index (χ3n) is 7.54. The van der Waals surface area contributed by atoms with Crippen LogP contribution in [0.5, 0.6) is 0 Å². The molecule has 3 N–H and O–H groups in total. The number of hydrogen-bond donors (Lipinski definition) is 3. The van der Waals surface area contributed by atoms with E-state index in [9.17, 15) is 44.2 Å². The molecular weight excluding hydrogens is 680 g/mol. The van der Waals surface area contributed by atoms with Crippen molar-refractivity contribution in [2.45, 2.75) is 43.9 Å². The molecule has 4 amide bonds. The van der Waals surface area contributed by atoms with Crippen molar-refractivity contribution in [1.29, 1.82) is 0 Å². The summed E-state index contributed by atoms with van der Waals surface area (Å²) in [4.78, 5) is 90.2. The number of likely N-dealkylation sites (N-methyl/N-ethyl adjacent to an activating group) is 1. The van der Waals surface area contributed by atoms with Crippen molar-refractivity contribution < 1.29 is 43.3 Å². The number of carbonyl (C=O) groups is 5. The molecule has 19 nitrogen and oxygen atoms in total. The summed E-state index contributed by atoms with van der Waals surface area (Å²) >= 11 is 1.22. The lowest BCUT2D eigenvalue weighted by Gasteiger charge is -2.41. The number of ether oxygens (including phenoxy) is 2. The second-order valence-electron chi connectivity index (χ2n) is 11.3. The maximum Gasteiger partial charge on any atom is 0.414 e. The minimum absolute atomic E-state index is 0.00211. The summed E-state index contributed by atoms with van der Waals surface area (Å²) in [7, 11) is 1.83. The van der Waals surface area contributed by atoms with E-state index in [1.54, 1.807) is 4.90 Å². The summed E-state index contributed by atoms with van der Waals surface area (Å²) in [5.74, 6) is -1.15. The van der Waals surface area contributed by atoms with Crippen molar-refractivity contribution in [2.24, 2.45) is 4.99 Å². The summed E-state index contributed by atoms with van der Waals surface area (Å²) in [6, 6.07) is 9.82. The number of hydrogen-bond acceptors (Lipinski definition) is 14. The first-order chi connectivity index (χ1) is 23.8. The first-order valence-corrected chi connectivity index (χ1v) is 16.0. The molecule has 0 bridgehead atoms. The van der Waals surface area contributed by atoms with E-state index in [2.05, 4.69) is 20.9 Å². The lowest BCUT2D eigenvalue weighted by Crippen LogP contribution is -2.63. The van der Waals surface area contributed by atoms with Crippen molar-refractivity contribution in [3.8, 4) is 0 Å². The van der Waals surface area contributed by atoms with Crippen LogP contribution < -0.4 is 16.0 Å². The van der Waals surface area contributed by atoms with Crippen LogP contribution >= 0.6 is 11.8 Å². The van der Waals surface area contributed by atoms with E-state index in [1.807, 2.05) is 11.9 Å². The monoisotopic (exact) mass is 714 g/mol. The van der Waals surface area contributed by atoms with Gasteiger partial charge in [0.2, 0.25) is 17.8 Å². The molecule has 2 aromatic rings. The molecule has 0 spiro atoms. The second kappa shape index (κ2) is 17.2. The number of guanidine groups is 1. The molecule has 2 aromatic carbocycles. The molecular formula is C30H34N8O11S. The third-order valence-corrected chi connectivity index (χ3v) is 8.55. The Bertz CT molecular complexity index is 1570. The Hall–Kier alpha value is -5.63. The average molecular weight is 715 g/mol. The van der Waals surface area contributed by atoms with Crippen LogP contribution in [0, 0.1) is 20.2 Å². The van der Waals surface area contributed by atoms with Gasteiger partial charge in [-0.3, -0.25) is 50.1 Å².